The summed E-state index contributed by atoms with van der Waals surface area (Å²) in [4.78, 5) is 2.38. The van der Waals surface area contributed by atoms with Gasteiger partial charge in [0.25, 0.3) is 0 Å². The fourth-order valence-electron chi connectivity index (χ4n) is 3.52. The number of benzene rings is 1. The molecule has 0 bridgehead atoms. The van der Waals surface area contributed by atoms with E-state index < -0.39 is 9.84 Å². The highest BCUT2D eigenvalue weighted by Crippen LogP contribution is 2.22. The molecule has 1 fully saturated rings. The Morgan fingerprint density at radius 3 is 2.40 bits per heavy atom. The molecular formula is C18H22N4O2S. The topological polar surface area (TPSA) is 67.2 Å². The fraction of sp³-hybridized carbons (Fsp3) is 0.389. The average molecular weight is 358 g/mol. The molecule has 3 heterocycles. The normalized spacial score (nSPS) is 23.2. The molecule has 2 aromatic rings. The number of nitrogens with zero attached hydrogens (tertiary/aromatic N) is 3. The Morgan fingerprint density at radius 1 is 1.08 bits per heavy atom. The van der Waals surface area contributed by atoms with E-state index in [1.165, 1.54) is 11.1 Å². The van der Waals surface area contributed by atoms with Gasteiger partial charge in [-0.3, -0.25) is 0 Å². The highest BCUT2D eigenvalue weighted by Gasteiger charge is 2.26. The lowest BCUT2D eigenvalue weighted by molar-refractivity contribution is 0.401. The minimum absolute atomic E-state index is 0.0325. The third-order valence-electron chi connectivity index (χ3n) is 4.86. The summed E-state index contributed by atoms with van der Waals surface area (Å²) in [5.74, 6) is 0.197. The monoisotopic (exact) mass is 358 g/mol. The summed E-state index contributed by atoms with van der Waals surface area (Å²) in [5.41, 5.74) is 2.28. The van der Waals surface area contributed by atoms with Gasteiger partial charge in [-0.05, 0) is 43.2 Å². The van der Waals surface area contributed by atoms with Crippen LogP contribution in [0, 0.1) is 0 Å². The van der Waals surface area contributed by atoms with Gasteiger partial charge < -0.3 is 10.2 Å². The van der Waals surface area contributed by atoms with Crippen LogP contribution in [0.1, 0.15) is 12.8 Å². The second-order valence-corrected chi connectivity index (χ2v) is 8.59. The van der Waals surface area contributed by atoms with Crippen molar-refractivity contribution in [2.75, 3.05) is 23.7 Å². The van der Waals surface area contributed by atoms with Crippen molar-refractivity contribution in [3.05, 3.63) is 54.2 Å². The van der Waals surface area contributed by atoms with Gasteiger partial charge in [0, 0.05) is 48.7 Å². The molecule has 0 unspecified atom stereocenters. The van der Waals surface area contributed by atoms with Gasteiger partial charge in [-0.15, -0.1) is 0 Å². The van der Waals surface area contributed by atoms with Crippen molar-refractivity contribution < 1.29 is 8.42 Å². The largest absolute Gasteiger partial charge is 0.371 e. The third kappa shape index (κ3) is 3.77. The zero-order valence-electron chi connectivity index (χ0n) is 14.0. The van der Waals surface area contributed by atoms with Crippen LogP contribution in [0.25, 0.3) is 5.69 Å². The molecule has 7 heteroatoms. The molecule has 4 rings (SSSR count). The first-order chi connectivity index (χ1) is 12.1. The van der Waals surface area contributed by atoms with E-state index in [4.69, 9.17) is 0 Å². The predicted octanol–water partition coefficient (Wildman–Crippen LogP) is 1.74. The van der Waals surface area contributed by atoms with Gasteiger partial charge in [-0.2, -0.15) is 5.10 Å². The van der Waals surface area contributed by atoms with E-state index in [9.17, 15) is 8.42 Å². The molecule has 1 aromatic carbocycles. The fourth-order valence-corrected chi connectivity index (χ4v) is 4.77. The van der Waals surface area contributed by atoms with Crippen molar-refractivity contribution in [1.29, 1.82) is 0 Å². The molecule has 1 aromatic heterocycles. The quantitative estimate of drug-likeness (QED) is 0.902. The maximum absolute atomic E-state index is 11.5. The molecule has 0 saturated carbocycles. The minimum Gasteiger partial charge on any atom is -0.371 e. The average Bonchev–Trinajstić information content (AvgIpc) is 3.26. The van der Waals surface area contributed by atoms with Crippen LogP contribution in [0.2, 0.25) is 0 Å². The highest BCUT2D eigenvalue weighted by molar-refractivity contribution is 7.94. The number of sulfone groups is 1. The van der Waals surface area contributed by atoms with Crippen LogP contribution in [-0.4, -0.2) is 49.1 Å². The SMILES string of the molecule is O=S1(=O)C=C[C@H](NC2CCN(c3ccc(-n4cccn4)cc3)CC2)C1. The number of aromatic nitrogens is 2. The maximum Gasteiger partial charge on any atom is 0.173 e. The molecule has 2 aliphatic rings. The second kappa shape index (κ2) is 6.65. The standard InChI is InChI=1S/C18H22N4O2S/c23-25(24)13-8-16(14-25)20-15-6-11-21(12-7-15)17-2-4-18(5-3-17)22-10-1-9-19-22/h1-5,8-10,13,15-16,20H,6-7,11-12,14H2/t16-/m0/s1. The Hall–Kier alpha value is -2.12. The zero-order valence-corrected chi connectivity index (χ0v) is 14.8. The van der Waals surface area contributed by atoms with Crippen LogP contribution in [0.4, 0.5) is 5.69 Å². The number of rotatable bonds is 4. The molecule has 132 valence electrons. The van der Waals surface area contributed by atoms with Gasteiger partial charge in [0.15, 0.2) is 9.84 Å². The van der Waals surface area contributed by atoms with Crippen LogP contribution >= 0.6 is 0 Å². The zero-order chi connectivity index (χ0) is 17.3. The van der Waals surface area contributed by atoms with Crippen LogP contribution in [0.15, 0.2) is 54.2 Å². The lowest BCUT2D eigenvalue weighted by Crippen LogP contribution is -2.46. The first kappa shape index (κ1) is 16.4. The smallest absolute Gasteiger partial charge is 0.173 e. The van der Waals surface area contributed by atoms with Gasteiger partial charge >= 0.3 is 0 Å². The summed E-state index contributed by atoms with van der Waals surface area (Å²) in [7, 11) is -2.98. The van der Waals surface area contributed by atoms with Crippen LogP contribution < -0.4 is 10.2 Å². The lowest BCUT2D eigenvalue weighted by atomic mass is 10.0. The number of nitrogens with one attached hydrogen (secondary N) is 1. The molecule has 0 amide bonds. The van der Waals surface area contributed by atoms with Gasteiger partial charge in [0.2, 0.25) is 0 Å². The van der Waals surface area contributed by atoms with Gasteiger partial charge in [0.05, 0.1) is 11.4 Å². The Balaban J connectivity index is 1.32. The van der Waals surface area contributed by atoms with E-state index in [2.05, 4.69) is 39.6 Å². The molecular weight excluding hydrogens is 336 g/mol. The molecule has 25 heavy (non-hydrogen) atoms. The molecule has 1 N–H and O–H groups in total. The molecule has 0 radical (unpaired) electrons. The number of hydrogen-bond donors (Lipinski definition) is 1. The van der Waals surface area contributed by atoms with Gasteiger partial charge in [0.1, 0.15) is 0 Å². The number of hydrogen-bond acceptors (Lipinski definition) is 5. The van der Waals surface area contributed by atoms with Crippen molar-refractivity contribution in [3.63, 3.8) is 0 Å². The summed E-state index contributed by atoms with van der Waals surface area (Å²) >= 11 is 0. The Morgan fingerprint density at radius 2 is 1.80 bits per heavy atom. The van der Waals surface area contributed by atoms with Crippen LogP contribution in [0.3, 0.4) is 0 Å². The molecule has 6 nitrogen and oxygen atoms in total. The Bertz CT molecular complexity index is 836. The lowest BCUT2D eigenvalue weighted by Gasteiger charge is -2.35. The van der Waals surface area contributed by atoms with E-state index in [-0.39, 0.29) is 11.8 Å². The van der Waals surface area contributed by atoms with Crippen molar-refractivity contribution in [2.24, 2.45) is 0 Å². The van der Waals surface area contributed by atoms with Crippen molar-refractivity contribution in [2.45, 2.75) is 24.9 Å². The number of anilines is 1. The van der Waals surface area contributed by atoms with E-state index in [0.717, 1.165) is 31.6 Å². The highest BCUT2D eigenvalue weighted by atomic mass is 32.2. The van der Waals surface area contributed by atoms with Crippen molar-refractivity contribution in [1.82, 2.24) is 15.1 Å². The third-order valence-corrected chi connectivity index (χ3v) is 6.25. The van der Waals surface area contributed by atoms with Crippen molar-refractivity contribution in [3.8, 4) is 5.69 Å². The maximum atomic E-state index is 11.5. The van der Waals surface area contributed by atoms with Crippen LogP contribution in [-0.2, 0) is 9.84 Å². The molecule has 0 aliphatic carbocycles. The van der Waals surface area contributed by atoms with Crippen molar-refractivity contribution >= 4 is 15.5 Å². The molecule has 0 spiro atoms. The summed E-state index contributed by atoms with van der Waals surface area (Å²) in [6.45, 7) is 1.95. The van der Waals surface area contributed by atoms with Gasteiger partial charge in [-0.25, -0.2) is 13.1 Å². The molecule has 1 saturated heterocycles. The first-order valence-electron chi connectivity index (χ1n) is 8.61. The van der Waals surface area contributed by atoms with Gasteiger partial charge in [-0.1, -0.05) is 6.08 Å². The summed E-state index contributed by atoms with van der Waals surface area (Å²) in [5, 5.41) is 9.05. The van der Waals surface area contributed by atoms with E-state index in [1.807, 2.05) is 16.9 Å². The Kier molecular flexibility index (Phi) is 4.35. The first-order valence-corrected chi connectivity index (χ1v) is 10.3. The summed E-state index contributed by atoms with van der Waals surface area (Å²) in [6.07, 6.45) is 7.52. The van der Waals surface area contributed by atoms with E-state index >= 15 is 0 Å². The molecule has 2 aliphatic heterocycles. The van der Waals surface area contributed by atoms with E-state index in [0.29, 0.717) is 6.04 Å². The second-order valence-electron chi connectivity index (χ2n) is 6.66. The number of piperidine rings is 1. The van der Waals surface area contributed by atoms with E-state index in [1.54, 1.807) is 12.3 Å². The summed E-state index contributed by atoms with van der Waals surface area (Å²) in [6, 6.07) is 10.7. The predicted molar refractivity (Wildman–Crippen MR) is 98.6 cm³/mol. The molecule has 1 atom stereocenters. The Labute approximate surface area is 148 Å². The minimum atomic E-state index is -2.98. The summed E-state index contributed by atoms with van der Waals surface area (Å²) < 4.78 is 24.8. The van der Waals surface area contributed by atoms with Crippen LogP contribution in [0.5, 0.6) is 0 Å².